The second-order valence-electron chi connectivity index (χ2n) is 7.24. The van der Waals surface area contributed by atoms with E-state index in [0.717, 1.165) is 28.2 Å². The Morgan fingerprint density at radius 1 is 0.833 bits per heavy atom. The fraction of sp³-hybridized carbons (Fsp3) is 0.217. The van der Waals surface area contributed by atoms with Crippen molar-refractivity contribution in [3.63, 3.8) is 0 Å². The van der Waals surface area contributed by atoms with Crippen LogP contribution in [0.4, 0.5) is 5.82 Å². The van der Waals surface area contributed by atoms with E-state index in [9.17, 15) is 8.42 Å². The molecule has 0 spiro atoms. The molecule has 1 fully saturated rings. The number of rotatable bonds is 5. The molecule has 0 radical (unpaired) electrons. The van der Waals surface area contributed by atoms with E-state index in [-0.39, 0.29) is 0 Å². The lowest BCUT2D eigenvalue weighted by Crippen LogP contribution is -2.48. The first-order valence-corrected chi connectivity index (χ1v) is 11.4. The van der Waals surface area contributed by atoms with Crippen LogP contribution in [-0.2, 0) is 10.0 Å². The van der Waals surface area contributed by atoms with Crippen LogP contribution in [0.1, 0.15) is 11.1 Å². The van der Waals surface area contributed by atoms with E-state index in [1.807, 2.05) is 60.7 Å². The summed E-state index contributed by atoms with van der Waals surface area (Å²) in [4.78, 5) is 2.07. The second-order valence-corrected chi connectivity index (χ2v) is 9.05. The van der Waals surface area contributed by atoms with Gasteiger partial charge in [-0.2, -0.15) is 4.31 Å². The van der Waals surface area contributed by atoms with Crippen molar-refractivity contribution in [1.29, 1.82) is 0 Å². The normalized spacial score (nSPS) is 15.6. The van der Waals surface area contributed by atoms with Crippen molar-refractivity contribution in [3.05, 3.63) is 83.3 Å². The van der Waals surface area contributed by atoms with Crippen molar-refractivity contribution < 1.29 is 8.42 Å². The van der Waals surface area contributed by atoms with Gasteiger partial charge in [0.2, 0.25) is 10.0 Å². The number of sulfonamides is 1. The number of anilines is 1. The molecule has 0 N–H and O–H groups in total. The summed E-state index contributed by atoms with van der Waals surface area (Å²) in [5.74, 6) is 0.768. The molecule has 4 rings (SSSR count). The van der Waals surface area contributed by atoms with Crippen molar-refractivity contribution in [2.45, 2.75) is 6.92 Å². The van der Waals surface area contributed by atoms with Crippen LogP contribution in [0.3, 0.4) is 0 Å². The molecule has 3 aromatic rings. The Kier molecular flexibility index (Phi) is 5.92. The van der Waals surface area contributed by atoms with Gasteiger partial charge in [-0.1, -0.05) is 54.6 Å². The Morgan fingerprint density at radius 3 is 2.20 bits per heavy atom. The highest BCUT2D eigenvalue weighted by Crippen LogP contribution is 2.22. The van der Waals surface area contributed by atoms with Gasteiger partial charge in [-0.15, -0.1) is 10.2 Å². The topological polar surface area (TPSA) is 66.4 Å². The second kappa shape index (κ2) is 8.77. The van der Waals surface area contributed by atoms with Crippen molar-refractivity contribution in [3.8, 4) is 11.3 Å². The van der Waals surface area contributed by atoms with Gasteiger partial charge in [0, 0.05) is 37.2 Å². The molecular formula is C23H24N4O2S. The first-order chi connectivity index (χ1) is 14.5. The summed E-state index contributed by atoms with van der Waals surface area (Å²) in [6.45, 7) is 4.05. The average Bonchev–Trinajstić information content (AvgIpc) is 2.79. The van der Waals surface area contributed by atoms with Crippen LogP contribution in [0.15, 0.2) is 72.1 Å². The largest absolute Gasteiger partial charge is 0.352 e. The van der Waals surface area contributed by atoms with Gasteiger partial charge in [0.15, 0.2) is 5.82 Å². The third-order valence-corrected chi connectivity index (χ3v) is 6.79. The minimum atomic E-state index is -3.44. The molecule has 1 aliphatic rings. The summed E-state index contributed by atoms with van der Waals surface area (Å²) in [7, 11) is -3.44. The van der Waals surface area contributed by atoms with Gasteiger partial charge in [-0.05, 0) is 36.3 Å². The van der Waals surface area contributed by atoms with Crippen molar-refractivity contribution in [1.82, 2.24) is 14.5 Å². The fourth-order valence-electron chi connectivity index (χ4n) is 3.48. The lowest BCUT2D eigenvalue weighted by Gasteiger charge is -2.33. The van der Waals surface area contributed by atoms with Crippen molar-refractivity contribution >= 4 is 21.9 Å². The van der Waals surface area contributed by atoms with Crippen LogP contribution in [0, 0.1) is 6.92 Å². The smallest absolute Gasteiger partial charge is 0.236 e. The molecule has 0 saturated carbocycles. The summed E-state index contributed by atoms with van der Waals surface area (Å²) >= 11 is 0. The zero-order valence-electron chi connectivity index (χ0n) is 16.8. The van der Waals surface area contributed by atoms with Crippen LogP contribution in [0.25, 0.3) is 17.3 Å². The molecule has 0 aliphatic carbocycles. The Morgan fingerprint density at radius 2 is 1.53 bits per heavy atom. The molecule has 0 unspecified atom stereocenters. The summed E-state index contributed by atoms with van der Waals surface area (Å²) in [6, 6.07) is 21.4. The van der Waals surface area contributed by atoms with Gasteiger partial charge in [0.1, 0.15) is 0 Å². The maximum Gasteiger partial charge on any atom is 0.236 e. The number of aryl methyl sites for hydroxylation is 1. The minimum absolute atomic E-state index is 0.419. The molecular weight excluding hydrogens is 396 g/mol. The number of hydrogen-bond acceptors (Lipinski definition) is 5. The van der Waals surface area contributed by atoms with E-state index in [0.29, 0.717) is 26.2 Å². The highest BCUT2D eigenvalue weighted by atomic mass is 32.2. The maximum atomic E-state index is 12.6. The summed E-state index contributed by atoms with van der Waals surface area (Å²) < 4.78 is 26.8. The highest BCUT2D eigenvalue weighted by molar-refractivity contribution is 7.92. The number of nitrogens with zero attached hydrogens (tertiary/aromatic N) is 4. The van der Waals surface area contributed by atoms with Crippen LogP contribution in [0.5, 0.6) is 0 Å². The summed E-state index contributed by atoms with van der Waals surface area (Å²) in [6.07, 6.45) is 1.64. The number of aromatic nitrogens is 2. The quantitative estimate of drug-likeness (QED) is 0.631. The third-order valence-electron chi connectivity index (χ3n) is 5.23. The van der Waals surface area contributed by atoms with E-state index in [4.69, 9.17) is 0 Å². The van der Waals surface area contributed by atoms with Gasteiger partial charge in [0.25, 0.3) is 0 Å². The summed E-state index contributed by atoms with van der Waals surface area (Å²) in [5, 5.41) is 10.0. The Labute approximate surface area is 177 Å². The Bertz CT molecular complexity index is 1120. The van der Waals surface area contributed by atoms with E-state index in [1.54, 1.807) is 6.08 Å². The van der Waals surface area contributed by atoms with E-state index in [1.165, 1.54) is 9.71 Å². The van der Waals surface area contributed by atoms with Gasteiger partial charge >= 0.3 is 0 Å². The molecule has 154 valence electrons. The molecule has 0 bridgehead atoms. The zero-order valence-corrected chi connectivity index (χ0v) is 17.7. The Balaban J connectivity index is 1.39. The molecule has 2 aromatic carbocycles. The molecule has 0 atom stereocenters. The lowest BCUT2D eigenvalue weighted by atomic mass is 10.1. The standard InChI is InChI=1S/C23H24N4O2S/c1-19-7-5-6-10-21(19)22-11-12-23(25-24-22)26-14-16-27(17-15-26)30(28,29)18-13-20-8-3-2-4-9-20/h2-13,18H,14-17H2,1H3. The van der Waals surface area contributed by atoms with Crippen molar-refractivity contribution in [2.24, 2.45) is 0 Å². The maximum absolute atomic E-state index is 12.6. The lowest BCUT2D eigenvalue weighted by molar-refractivity contribution is 0.388. The fourth-order valence-corrected chi connectivity index (χ4v) is 4.66. The van der Waals surface area contributed by atoms with Gasteiger partial charge in [-0.3, -0.25) is 0 Å². The summed E-state index contributed by atoms with van der Waals surface area (Å²) in [5.41, 5.74) is 3.92. The van der Waals surface area contributed by atoms with E-state index in [2.05, 4.69) is 28.1 Å². The number of piperazine rings is 1. The van der Waals surface area contributed by atoms with E-state index < -0.39 is 10.0 Å². The molecule has 30 heavy (non-hydrogen) atoms. The van der Waals surface area contributed by atoms with Crippen LogP contribution >= 0.6 is 0 Å². The van der Waals surface area contributed by atoms with Crippen molar-refractivity contribution in [2.75, 3.05) is 31.1 Å². The minimum Gasteiger partial charge on any atom is -0.352 e. The predicted octanol–water partition coefficient (Wildman–Crippen LogP) is 3.57. The molecule has 7 heteroatoms. The van der Waals surface area contributed by atoms with E-state index >= 15 is 0 Å². The monoisotopic (exact) mass is 420 g/mol. The highest BCUT2D eigenvalue weighted by Gasteiger charge is 2.25. The average molecular weight is 421 g/mol. The number of hydrogen-bond donors (Lipinski definition) is 0. The predicted molar refractivity (Wildman–Crippen MR) is 120 cm³/mol. The molecule has 0 amide bonds. The molecule has 1 saturated heterocycles. The Hall–Kier alpha value is -3.03. The SMILES string of the molecule is Cc1ccccc1-c1ccc(N2CCN(S(=O)(=O)C=Cc3ccccc3)CC2)nn1. The molecule has 1 aromatic heterocycles. The first kappa shape index (κ1) is 20.3. The molecule has 1 aliphatic heterocycles. The van der Waals surface area contributed by atoms with Crippen LogP contribution in [-0.4, -0.2) is 49.1 Å². The number of benzene rings is 2. The van der Waals surface area contributed by atoms with Gasteiger partial charge in [0.05, 0.1) is 5.69 Å². The van der Waals surface area contributed by atoms with Gasteiger partial charge in [-0.25, -0.2) is 8.42 Å². The zero-order chi connectivity index (χ0) is 21.0. The molecule has 2 heterocycles. The van der Waals surface area contributed by atoms with Crippen LogP contribution in [0.2, 0.25) is 0 Å². The molecule has 6 nitrogen and oxygen atoms in total. The third kappa shape index (κ3) is 4.58. The van der Waals surface area contributed by atoms with Gasteiger partial charge < -0.3 is 4.90 Å². The first-order valence-electron chi connectivity index (χ1n) is 9.91. The van der Waals surface area contributed by atoms with Crippen LogP contribution < -0.4 is 4.90 Å².